The van der Waals surface area contributed by atoms with Crippen molar-refractivity contribution in [2.24, 2.45) is 11.8 Å². The zero-order chi connectivity index (χ0) is 26.4. The zero-order valence-electron chi connectivity index (χ0n) is 23.0. The quantitative estimate of drug-likeness (QED) is 0.255. The van der Waals surface area contributed by atoms with Crippen molar-refractivity contribution in [3.63, 3.8) is 0 Å². The topological polar surface area (TPSA) is 66.4 Å². The summed E-state index contributed by atoms with van der Waals surface area (Å²) >= 11 is 0. The highest BCUT2D eigenvalue weighted by molar-refractivity contribution is 6.74. The van der Waals surface area contributed by atoms with Crippen LogP contribution in [0.15, 0.2) is 42.5 Å². The molecule has 2 rings (SSSR count). The second-order valence-corrected chi connectivity index (χ2v) is 15.5. The summed E-state index contributed by atoms with van der Waals surface area (Å²) < 4.78 is 28.5. The standard InChI is InChI=1S/C28H44O6Si/c1-19(26(29)21-11-14-23(15-12-21)33-18-30-6)20(2)27(34-35(9,10)28(3,4)5)22-13-16-24(31-7)25(17-22)32-8/h11-17,19-20,26-27,29H,18H2,1-10H3/t19-,20-,26+,27-/m1/s1. The molecule has 0 aliphatic rings. The van der Waals surface area contributed by atoms with Crippen LogP contribution in [-0.2, 0) is 9.16 Å². The lowest BCUT2D eigenvalue weighted by molar-refractivity contribution is 0.0264. The first kappa shape index (κ1) is 29.2. The molecule has 0 fully saturated rings. The van der Waals surface area contributed by atoms with Gasteiger partial charge in [-0.1, -0.05) is 52.8 Å². The highest BCUT2D eigenvalue weighted by atomic mass is 28.4. The van der Waals surface area contributed by atoms with Gasteiger partial charge in [-0.15, -0.1) is 0 Å². The van der Waals surface area contributed by atoms with Gasteiger partial charge in [0, 0.05) is 7.11 Å². The second-order valence-electron chi connectivity index (χ2n) is 10.7. The van der Waals surface area contributed by atoms with Crippen LogP contribution >= 0.6 is 0 Å². The van der Waals surface area contributed by atoms with Crippen LogP contribution in [0.5, 0.6) is 17.2 Å². The molecular weight excluding hydrogens is 460 g/mol. The summed E-state index contributed by atoms with van der Waals surface area (Å²) in [5.74, 6) is 1.98. The van der Waals surface area contributed by atoms with E-state index in [1.54, 1.807) is 21.3 Å². The Balaban J connectivity index is 2.39. The molecule has 4 atom stereocenters. The molecule has 1 N–H and O–H groups in total. The van der Waals surface area contributed by atoms with Gasteiger partial charge in [-0.3, -0.25) is 0 Å². The molecule has 0 amide bonds. The molecule has 0 bridgehead atoms. The molecule has 0 heterocycles. The zero-order valence-corrected chi connectivity index (χ0v) is 24.0. The molecule has 0 spiro atoms. The number of methoxy groups -OCH3 is 3. The average Bonchev–Trinajstić information content (AvgIpc) is 2.83. The molecule has 0 radical (unpaired) electrons. The number of ether oxygens (including phenoxy) is 4. The van der Waals surface area contributed by atoms with Gasteiger partial charge in [-0.05, 0) is 65.4 Å². The third-order valence-corrected chi connectivity index (χ3v) is 11.8. The molecule has 0 aliphatic carbocycles. The van der Waals surface area contributed by atoms with Gasteiger partial charge >= 0.3 is 0 Å². The minimum absolute atomic E-state index is 0.0154. The van der Waals surface area contributed by atoms with E-state index in [0.29, 0.717) is 17.2 Å². The third-order valence-electron chi connectivity index (χ3n) is 7.33. The normalized spacial score (nSPS) is 15.7. The van der Waals surface area contributed by atoms with Crippen molar-refractivity contribution in [3.05, 3.63) is 53.6 Å². The van der Waals surface area contributed by atoms with Crippen LogP contribution in [0, 0.1) is 11.8 Å². The average molecular weight is 505 g/mol. The summed E-state index contributed by atoms with van der Waals surface area (Å²) in [6, 6.07) is 13.5. The smallest absolute Gasteiger partial charge is 0.192 e. The van der Waals surface area contributed by atoms with Crippen molar-refractivity contribution in [3.8, 4) is 17.2 Å². The minimum atomic E-state index is -2.13. The van der Waals surface area contributed by atoms with E-state index in [-0.39, 0.29) is 29.8 Å². The number of aliphatic hydroxyl groups is 1. The van der Waals surface area contributed by atoms with Crippen molar-refractivity contribution >= 4 is 8.32 Å². The van der Waals surface area contributed by atoms with Crippen LogP contribution < -0.4 is 14.2 Å². The summed E-state index contributed by atoms with van der Waals surface area (Å²) in [6.45, 7) is 15.6. The third kappa shape index (κ3) is 7.23. The molecule has 2 aromatic carbocycles. The van der Waals surface area contributed by atoms with Crippen LogP contribution in [0.3, 0.4) is 0 Å². The lowest BCUT2D eigenvalue weighted by Crippen LogP contribution is -2.43. The molecule has 2 aromatic rings. The Hall–Kier alpha value is -2.06. The van der Waals surface area contributed by atoms with E-state index in [2.05, 4.69) is 47.7 Å². The van der Waals surface area contributed by atoms with Crippen molar-refractivity contribution in [1.29, 1.82) is 0 Å². The molecule has 7 heteroatoms. The van der Waals surface area contributed by atoms with Crippen LogP contribution in [0.25, 0.3) is 0 Å². The van der Waals surface area contributed by atoms with E-state index in [9.17, 15) is 5.11 Å². The SMILES string of the molecule is COCOc1ccc([C@@H](O)[C@H](C)[C@@H](C)[C@@H](O[Si](C)(C)C(C)(C)C)c2ccc(OC)c(OC)c2)cc1. The summed E-state index contributed by atoms with van der Waals surface area (Å²) in [5.41, 5.74) is 1.86. The minimum Gasteiger partial charge on any atom is -0.493 e. The predicted octanol–water partition coefficient (Wildman–Crippen LogP) is 6.76. The largest absolute Gasteiger partial charge is 0.493 e. The first-order chi connectivity index (χ1) is 16.4. The maximum atomic E-state index is 11.3. The van der Waals surface area contributed by atoms with E-state index in [0.717, 1.165) is 11.1 Å². The first-order valence-corrected chi connectivity index (χ1v) is 15.1. The fraction of sp³-hybridized carbons (Fsp3) is 0.571. The Bertz CT molecular complexity index is 922. The highest BCUT2D eigenvalue weighted by Gasteiger charge is 2.42. The van der Waals surface area contributed by atoms with Crippen LogP contribution in [0.4, 0.5) is 0 Å². The maximum absolute atomic E-state index is 11.3. The Morgan fingerprint density at radius 2 is 1.40 bits per heavy atom. The lowest BCUT2D eigenvalue weighted by atomic mass is 9.81. The van der Waals surface area contributed by atoms with Gasteiger partial charge in [-0.25, -0.2) is 0 Å². The van der Waals surface area contributed by atoms with E-state index < -0.39 is 14.4 Å². The predicted molar refractivity (Wildman–Crippen MR) is 143 cm³/mol. The van der Waals surface area contributed by atoms with Crippen molar-refractivity contribution in [2.45, 2.75) is 65.0 Å². The Morgan fingerprint density at radius 1 is 0.829 bits per heavy atom. The molecule has 196 valence electrons. The monoisotopic (exact) mass is 504 g/mol. The molecule has 0 aromatic heterocycles. The van der Waals surface area contributed by atoms with Gasteiger partial charge in [0.25, 0.3) is 0 Å². The van der Waals surface area contributed by atoms with E-state index in [1.165, 1.54) is 0 Å². The number of aliphatic hydroxyl groups excluding tert-OH is 1. The van der Waals surface area contributed by atoms with E-state index in [4.69, 9.17) is 23.4 Å². The van der Waals surface area contributed by atoms with Crippen molar-refractivity contribution in [2.75, 3.05) is 28.1 Å². The molecule has 0 saturated heterocycles. The van der Waals surface area contributed by atoms with Crippen LogP contribution in [0.2, 0.25) is 18.1 Å². The van der Waals surface area contributed by atoms with Gasteiger partial charge in [0.2, 0.25) is 0 Å². The summed E-state index contributed by atoms with van der Waals surface area (Å²) in [7, 11) is 2.73. The van der Waals surface area contributed by atoms with E-state index >= 15 is 0 Å². The summed E-state index contributed by atoms with van der Waals surface area (Å²) in [6.07, 6.45) is -0.878. The van der Waals surface area contributed by atoms with Gasteiger partial charge in [0.05, 0.1) is 26.4 Å². The van der Waals surface area contributed by atoms with Crippen LogP contribution in [-0.4, -0.2) is 41.5 Å². The van der Waals surface area contributed by atoms with Gasteiger partial charge in [0.1, 0.15) is 5.75 Å². The summed E-state index contributed by atoms with van der Waals surface area (Å²) in [4.78, 5) is 0. The Labute approximate surface area is 212 Å². The van der Waals surface area contributed by atoms with E-state index in [1.807, 2.05) is 42.5 Å². The number of hydrogen-bond acceptors (Lipinski definition) is 6. The number of hydrogen-bond donors (Lipinski definition) is 1. The van der Waals surface area contributed by atoms with Crippen LogP contribution in [0.1, 0.15) is 58.0 Å². The highest BCUT2D eigenvalue weighted by Crippen LogP contribution is 2.45. The molecule has 0 unspecified atom stereocenters. The number of benzene rings is 2. The van der Waals surface area contributed by atoms with Crippen molar-refractivity contribution < 1.29 is 28.5 Å². The molecule has 0 aliphatic heterocycles. The lowest BCUT2D eigenvalue weighted by Gasteiger charge is -2.42. The fourth-order valence-corrected chi connectivity index (χ4v) is 5.10. The Morgan fingerprint density at radius 3 is 1.91 bits per heavy atom. The molecule has 6 nitrogen and oxygen atoms in total. The second kappa shape index (κ2) is 12.3. The van der Waals surface area contributed by atoms with Gasteiger partial charge in [-0.2, -0.15) is 0 Å². The van der Waals surface area contributed by atoms with Gasteiger partial charge < -0.3 is 28.5 Å². The molecule has 0 saturated carbocycles. The maximum Gasteiger partial charge on any atom is 0.192 e. The Kier molecular flexibility index (Phi) is 10.2. The van der Waals surface area contributed by atoms with Crippen molar-refractivity contribution in [1.82, 2.24) is 0 Å². The fourth-order valence-electron chi connectivity index (χ4n) is 3.76. The first-order valence-electron chi connectivity index (χ1n) is 12.2. The van der Waals surface area contributed by atoms with Gasteiger partial charge in [0.15, 0.2) is 26.6 Å². The summed E-state index contributed by atoms with van der Waals surface area (Å²) in [5, 5.41) is 11.4. The number of rotatable bonds is 12. The molecule has 35 heavy (non-hydrogen) atoms. The molecular formula is C28H44O6Si.